The number of hydrogen-bond donors (Lipinski definition) is 1. The third-order valence-corrected chi connectivity index (χ3v) is 5.26. The van der Waals surface area contributed by atoms with Crippen LogP contribution in [0.4, 0.5) is 0 Å². The van der Waals surface area contributed by atoms with Crippen LogP contribution in [-0.2, 0) is 4.79 Å². The lowest BCUT2D eigenvalue weighted by molar-refractivity contribution is -0.897. The van der Waals surface area contributed by atoms with E-state index in [0.717, 1.165) is 26.7 Å². The van der Waals surface area contributed by atoms with Gasteiger partial charge < -0.3 is 14.8 Å². The van der Waals surface area contributed by atoms with Gasteiger partial charge in [0.15, 0.2) is 6.54 Å². The smallest absolute Gasteiger partial charge is 0.286 e. The third-order valence-electron chi connectivity index (χ3n) is 5.26. The maximum atomic E-state index is 13.0. The second kappa shape index (κ2) is 6.33. The number of para-hydroxylation sites is 2. The van der Waals surface area contributed by atoms with Crippen LogP contribution >= 0.6 is 0 Å². The molecule has 25 heavy (non-hydrogen) atoms. The number of fused-ring (bicyclic) bond motifs is 3. The number of carbonyl (C=O) groups excluding carboxylic acids is 2. The van der Waals surface area contributed by atoms with Gasteiger partial charge in [0.2, 0.25) is 0 Å². The Morgan fingerprint density at radius 1 is 0.960 bits per heavy atom. The number of likely N-dealkylation sites (tertiary alicyclic amines) is 1. The van der Waals surface area contributed by atoms with E-state index in [-0.39, 0.29) is 11.8 Å². The molecule has 1 aromatic heterocycles. The van der Waals surface area contributed by atoms with E-state index < -0.39 is 5.97 Å². The Morgan fingerprint density at radius 2 is 1.48 bits per heavy atom. The molecule has 0 unspecified atom stereocenters. The Hall–Kier alpha value is -2.66. The van der Waals surface area contributed by atoms with Gasteiger partial charge in [-0.3, -0.25) is 9.36 Å². The molecule has 5 heteroatoms. The summed E-state index contributed by atoms with van der Waals surface area (Å²) in [7, 11) is 0. The zero-order valence-electron chi connectivity index (χ0n) is 13.9. The number of quaternary nitrogens is 1. The van der Waals surface area contributed by atoms with E-state index in [0.29, 0.717) is 32.5 Å². The Morgan fingerprint density at radius 3 is 2.00 bits per heavy atom. The first kappa shape index (κ1) is 15.8. The standard InChI is InChI=1S/C20H20N2O3/c23-19(13-21-11-9-14(10-12-21)20(24)25)22-17-7-3-1-5-15(17)16-6-2-4-8-18(16)22/h1-8,14H,9-13H2,(H,24,25). The van der Waals surface area contributed by atoms with Crippen LogP contribution in [0.3, 0.4) is 0 Å². The molecular formula is C20H20N2O3. The first-order chi connectivity index (χ1) is 12.1. The number of aliphatic carboxylic acids is 1. The Balaban J connectivity index is 1.63. The number of nitrogens with one attached hydrogen (secondary N) is 1. The van der Waals surface area contributed by atoms with Gasteiger partial charge in [-0.1, -0.05) is 36.4 Å². The molecule has 0 radical (unpaired) electrons. The summed E-state index contributed by atoms with van der Waals surface area (Å²) in [6.07, 6.45) is 1.16. The Bertz CT molecular complexity index is 899. The van der Waals surface area contributed by atoms with Gasteiger partial charge >= 0.3 is 0 Å². The third kappa shape index (κ3) is 2.81. The van der Waals surface area contributed by atoms with Crippen molar-refractivity contribution < 1.29 is 19.6 Å². The average molecular weight is 336 g/mol. The first-order valence-electron chi connectivity index (χ1n) is 8.71. The van der Waals surface area contributed by atoms with Crippen molar-refractivity contribution in [1.82, 2.24) is 4.57 Å². The molecule has 1 N–H and O–H groups in total. The average Bonchev–Trinajstić information content (AvgIpc) is 2.97. The monoisotopic (exact) mass is 336 g/mol. The van der Waals surface area contributed by atoms with Crippen molar-refractivity contribution in [3.8, 4) is 0 Å². The van der Waals surface area contributed by atoms with E-state index in [9.17, 15) is 14.7 Å². The minimum atomic E-state index is -0.965. The molecule has 3 aromatic rings. The van der Waals surface area contributed by atoms with E-state index in [2.05, 4.69) is 0 Å². The topological polar surface area (TPSA) is 66.6 Å². The molecule has 1 saturated heterocycles. The summed E-state index contributed by atoms with van der Waals surface area (Å²) < 4.78 is 1.81. The van der Waals surface area contributed by atoms with E-state index in [4.69, 9.17) is 0 Å². The number of benzene rings is 2. The fourth-order valence-electron chi connectivity index (χ4n) is 3.92. The minimum Gasteiger partial charge on any atom is -0.550 e. The maximum absolute atomic E-state index is 13.0. The van der Waals surface area contributed by atoms with Crippen LogP contribution in [0.5, 0.6) is 0 Å². The Labute approximate surface area is 145 Å². The number of rotatable bonds is 3. The number of carboxylic acids is 1. The van der Waals surface area contributed by atoms with E-state index >= 15 is 0 Å². The first-order valence-corrected chi connectivity index (χ1v) is 8.71. The van der Waals surface area contributed by atoms with Crippen LogP contribution in [-0.4, -0.2) is 36.1 Å². The van der Waals surface area contributed by atoms with Gasteiger partial charge in [-0.25, -0.2) is 0 Å². The summed E-state index contributed by atoms with van der Waals surface area (Å²) in [5, 5.41) is 13.1. The molecule has 1 aliphatic heterocycles. The highest BCUT2D eigenvalue weighted by atomic mass is 16.4. The molecule has 0 bridgehead atoms. The van der Waals surface area contributed by atoms with Crippen molar-refractivity contribution in [1.29, 1.82) is 0 Å². The zero-order valence-corrected chi connectivity index (χ0v) is 13.9. The summed E-state index contributed by atoms with van der Waals surface area (Å²) in [6.45, 7) is 1.77. The minimum absolute atomic E-state index is 0.0549. The molecule has 2 heterocycles. The van der Waals surface area contributed by atoms with Gasteiger partial charge in [0.1, 0.15) is 0 Å². The largest absolute Gasteiger partial charge is 0.550 e. The van der Waals surface area contributed by atoms with Crippen molar-refractivity contribution in [3.05, 3.63) is 48.5 Å². The van der Waals surface area contributed by atoms with Crippen molar-refractivity contribution in [2.75, 3.05) is 19.6 Å². The van der Waals surface area contributed by atoms with Crippen LogP contribution in [0, 0.1) is 5.92 Å². The van der Waals surface area contributed by atoms with E-state index in [1.165, 1.54) is 0 Å². The number of nitrogens with zero attached hydrogens (tertiary/aromatic N) is 1. The molecular weight excluding hydrogens is 316 g/mol. The molecule has 128 valence electrons. The van der Waals surface area contributed by atoms with Crippen molar-refractivity contribution >= 4 is 33.7 Å². The van der Waals surface area contributed by atoms with Crippen molar-refractivity contribution in [3.63, 3.8) is 0 Å². The maximum Gasteiger partial charge on any atom is 0.286 e. The fraction of sp³-hybridized carbons (Fsp3) is 0.300. The molecule has 5 nitrogen and oxygen atoms in total. The number of hydrogen-bond acceptors (Lipinski definition) is 3. The highest BCUT2D eigenvalue weighted by Crippen LogP contribution is 2.28. The van der Waals surface area contributed by atoms with E-state index in [1.54, 1.807) is 0 Å². The molecule has 0 amide bonds. The van der Waals surface area contributed by atoms with Gasteiger partial charge in [0.25, 0.3) is 5.91 Å². The van der Waals surface area contributed by atoms with Crippen LogP contribution in [0.25, 0.3) is 21.8 Å². The second-order valence-corrected chi connectivity index (χ2v) is 6.78. The predicted octanol–water partition coefficient (Wildman–Crippen LogP) is 0.480. The second-order valence-electron chi connectivity index (χ2n) is 6.78. The van der Waals surface area contributed by atoms with Crippen LogP contribution in [0.1, 0.15) is 17.6 Å². The molecule has 2 aromatic carbocycles. The lowest BCUT2D eigenvalue weighted by Crippen LogP contribution is -3.14. The number of carbonyl (C=O) groups is 2. The quantitative estimate of drug-likeness (QED) is 0.756. The van der Waals surface area contributed by atoms with Crippen molar-refractivity contribution in [2.45, 2.75) is 12.8 Å². The van der Waals surface area contributed by atoms with Crippen LogP contribution in [0.2, 0.25) is 0 Å². The molecule has 1 fully saturated rings. The summed E-state index contributed by atoms with van der Waals surface area (Å²) in [5.74, 6) is -1.28. The zero-order chi connectivity index (χ0) is 17.4. The predicted molar refractivity (Wildman–Crippen MR) is 93.4 cm³/mol. The normalized spacial score (nSPS) is 20.8. The molecule has 1 aliphatic rings. The lowest BCUT2D eigenvalue weighted by atomic mass is 9.97. The summed E-state index contributed by atoms with van der Waals surface area (Å²) in [6, 6.07) is 15.9. The number of piperidine rings is 1. The summed E-state index contributed by atoms with van der Waals surface area (Å²) >= 11 is 0. The highest BCUT2D eigenvalue weighted by Gasteiger charge is 2.26. The van der Waals surface area contributed by atoms with Gasteiger partial charge in [-0.15, -0.1) is 0 Å². The molecule has 4 rings (SSSR count). The molecule has 0 spiro atoms. The summed E-state index contributed by atoms with van der Waals surface area (Å²) in [5.41, 5.74) is 1.86. The Kier molecular flexibility index (Phi) is 4.01. The van der Waals surface area contributed by atoms with Gasteiger partial charge in [0, 0.05) is 35.5 Å². The van der Waals surface area contributed by atoms with Gasteiger partial charge in [-0.05, 0) is 12.1 Å². The highest BCUT2D eigenvalue weighted by molar-refractivity contribution is 6.13. The molecule has 0 atom stereocenters. The summed E-state index contributed by atoms with van der Waals surface area (Å²) in [4.78, 5) is 25.1. The van der Waals surface area contributed by atoms with Crippen LogP contribution in [0.15, 0.2) is 48.5 Å². The van der Waals surface area contributed by atoms with E-state index in [1.807, 2.05) is 53.1 Å². The fourth-order valence-corrected chi connectivity index (χ4v) is 3.92. The number of aromatic nitrogens is 1. The lowest BCUT2D eigenvalue weighted by Gasteiger charge is -2.29. The van der Waals surface area contributed by atoms with Gasteiger partial charge in [0.05, 0.1) is 24.1 Å². The van der Waals surface area contributed by atoms with Crippen molar-refractivity contribution in [2.24, 2.45) is 5.92 Å². The molecule has 0 aliphatic carbocycles. The molecule has 0 saturated carbocycles. The van der Waals surface area contributed by atoms with Crippen LogP contribution < -0.4 is 10.0 Å². The van der Waals surface area contributed by atoms with Gasteiger partial charge in [-0.2, -0.15) is 0 Å². The number of carboxylic acid groups (broad SMARTS) is 1. The SMILES string of the molecule is O=C([O-])C1CC[NH+](CC(=O)n2c3ccccc3c3ccccc32)CC1.